The van der Waals surface area contributed by atoms with E-state index in [4.69, 9.17) is 19.0 Å². The minimum Gasteiger partial charge on any atom is -0.370 e. The second-order valence-corrected chi connectivity index (χ2v) is 8.37. The molecule has 0 spiro atoms. The van der Waals surface area contributed by atoms with E-state index in [1.807, 2.05) is 6.92 Å². The molecule has 0 saturated carbocycles. The average Bonchev–Trinajstić information content (AvgIpc) is 3.42. The largest absolute Gasteiger partial charge is 0.370 e. The second kappa shape index (κ2) is 8.90. The Labute approximate surface area is 172 Å². The molecule has 4 heterocycles. The Bertz CT molecular complexity index is 793. The number of nitrogens with zero attached hydrogens (tertiary/aromatic N) is 4. The van der Waals surface area contributed by atoms with Gasteiger partial charge in [0.2, 0.25) is 5.82 Å². The van der Waals surface area contributed by atoms with E-state index in [9.17, 15) is 0 Å². The Hall–Kier alpha value is -1.83. The van der Waals surface area contributed by atoms with Gasteiger partial charge in [0.15, 0.2) is 0 Å². The molecule has 2 aliphatic rings. The van der Waals surface area contributed by atoms with Crippen LogP contribution in [0.2, 0.25) is 0 Å². The highest BCUT2D eigenvalue weighted by atomic mass is 16.5. The summed E-state index contributed by atoms with van der Waals surface area (Å²) in [6.07, 6.45) is 3.63. The van der Waals surface area contributed by atoms with E-state index in [2.05, 4.69) is 47.1 Å². The van der Waals surface area contributed by atoms with Crippen molar-refractivity contribution in [2.75, 3.05) is 26.3 Å². The van der Waals surface area contributed by atoms with Crippen LogP contribution in [-0.2, 0) is 21.6 Å². The molecule has 2 aliphatic heterocycles. The zero-order valence-corrected chi connectivity index (χ0v) is 17.8. The first-order chi connectivity index (χ1) is 14.1. The fourth-order valence-corrected chi connectivity index (χ4v) is 4.24. The number of likely N-dealkylation sites (tertiary alicyclic amines) is 1. The highest BCUT2D eigenvalue weighted by Crippen LogP contribution is 2.37. The summed E-state index contributed by atoms with van der Waals surface area (Å²) in [5.74, 6) is 1.70. The number of ether oxygens (including phenoxy) is 2. The molecule has 1 atom stereocenters. The van der Waals surface area contributed by atoms with Gasteiger partial charge in [0, 0.05) is 38.5 Å². The lowest BCUT2D eigenvalue weighted by molar-refractivity contribution is -0.104. The summed E-state index contributed by atoms with van der Waals surface area (Å²) < 4.78 is 17.6. The molecule has 2 aromatic heterocycles. The van der Waals surface area contributed by atoms with E-state index in [1.54, 1.807) is 0 Å². The maximum atomic E-state index is 6.20. The van der Waals surface area contributed by atoms with Crippen LogP contribution in [0.5, 0.6) is 0 Å². The molecule has 0 radical (unpaired) electrons. The molecule has 0 aliphatic carbocycles. The Morgan fingerprint density at radius 1 is 1.24 bits per heavy atom. The topological polar surface area (TPSA) is 73.5 Å². The maximum absolute atomic E-state index is 6.20. The van der Waals surface area contributed by atoms with Crippen LogP contribution in [-0.4, -0.2) is 46.3 Å². The third-order valence-corrected chi connectivity index (χ3v) is 5.94. The van der Waals surface area contributed by atoms with Crippen LogP contribution in [0.15, 0.2) is 22.7 Å². The van der Waals surface area contributed by atoms with E-state index >= 15 is 0 Å². The lowest BCUT2D eigenvalue weighted by Gasteiger charge is -2.38. The molecule has 158 valence electrons. The Balaban J connectivity index is 1.43. The fourth-order valence-electron chi connectivity index (χ4n) is 4.24. The summed E-state index contributed by atoms with van der Waals surface area (Å²) in [5.41, 5.74) is 1.77. The van der Waals surface area contributed by atoms with Crippen molar-refractivity contribution in [3.05, 3.63) is 41.3 Å². The molecule has 7 heteroatoms. The predicted molar refractivity (Wildman–Crippen MR) is 108 cm³/mol. The molecule has 0 bridgehead atoms. The number of hydrogen-bond acceptors (Lipinski definition) is 7. The Morgan fingerprint density at radius 2 is 2.07 bits per heavy atom. The quantitative estimate of drug-likeness (QED) is 0.696. The van der Waals surface area contributed by atoms with Crippen molar-refractivity contribution < 1.29 is 14.0 Å². The molecule has 2 aromatic rings. The Kier molecular flexibility index (Phi) is 6.27. The summed E-state index contributed by atoms with van der Waals surface area (Å²) in [6, 6.07) is 6.32. The van der Waals surface area contributed by atoms with E-state index in [1.165, 1.54) is 0 Å². The summed E-state index contributed by atoms with van der Waals surface area (Å²) >= 11 is 0. The minimum atomic E-state index is -0.498. The van der Waals surface area contributed by atoms with Crippen molar-refractivity contribution in [2.45, 2.75) is 70.6 Å². The van der Waals surface area contributed by atoms with Gasteiger partial charge < -0.3 is 14.0 Å². The molecule has 4 rings (SSSR count). The van der Waals surface area contributed by atoms with Crippen molar-refractivity contribution in [3.8, 4) is 0 Å². The van der Waals surface area contributed by atoms with Crippen molar-refractivity contribution in [3.63, 3.8) is 0 Å². The maximum Gasteiger partial charge on any atom is 0.259 e. The third kappa shape index (κ3) is 4.52. The van der Waals surface area contributed by atoms with Crippen LogP contribution in [0.3, 0.4) is 0 Å². The van der Waals surface area contributed by atoms with Gasteiger partial charge in [0.25, 0.3) is 5.89 Å². The molecule has 29 heavy (non-hydrogen) atoms. The van der Waals surface area contributed by atoms with Crippen LogP contribution in [0.1, 0.15) is 81.6 Å². The Morgan fingerprint density at radius 3 is 2.76 bits per heavy atom. The van der Waals surface area contributed by atoms with E-state index < -0.39 is 5.60 Å². The van der Waals surface area contributed by atoms with Crippen LogP contribution in [0.25, 0.3) is 0 Å². The van der Waals surface area contributed by atoms with Crippen LogP contribution < -0.4 is 0 Å². The highest BCUT2D eigenvalue weighted by Gasteiger charge is 2.42. The highest BCUT2D eigenvalue weighted by molar-refractivity contribution is 5.14. The van der Waals surface area contributed by atoms with E-state index in [0.29, 0.717) is 24.2 Å². The monoisotopic (exact) mass is 400 g/mol. The molecular weight excluding hydrogens is 368 g/mol. The van der Waals surface area contributed by atoms with Gasteiger partial charge in [-0.2, -0.15) is 4.98 Å². The molecule has 2 fully saturated rings. The van der Waals surface area contributed by atoms with Gasteiger partial charge in [0.1, 0.15) is 11.7 Å². The summed E-state index contributed by atoms with van der Waals surface area (Å²) in [5, 5.41) is 4.20. The molecule has 0 aromatic carbocycles. The molecule has 0 amide bonds. The fraction of sp³-hybridized carbons (Fsp3) is 0.682. The van der Waals surface area contributed by atoms with Gasteiger partial charge in [-0.05, 0) is 50.7 Å². The van der Waals surface area contributed by atoms with E-state index in [0.717, 1.165) is 63.3 Å². The average molecular weight is 401 g/mol. The SMILES string of the molecule is CCOC1(c2nc([C@H]3CCCO3)no2)CCN(Cc2cccc(C(C)C)n2)CC1. The number of aromatic nitrogens is 3. The smallest absolute Gasteiger partial charge is 0.259 e. The van der Waals surface area contributed by atoms with Crippen LogP contribution >= 0.6 is 0 Å². The van der Waals surface area contributed by atoms with Crippen molar-refractivity contribution >= 4 is 0 Å². The van der Waals surface area contributed by atoms with E-state index in [-0.39, 0.29) is 6.10 Å². The number of rotatable bonds is 7. The summed E-state index contributed by atoms with van der Waals surface area (Å²) in [7, 11) is 0. The van der Waals surface area contributed by atoms with Crippen LogP contribution in [0.4, 0.5) is 0 Å². The second-order valence-electron chi connectivity index (χ2n) is 8.37. The van der Waals surface area contributed by atoms with Gasteiger partial charge in [0.05, 0.1) is 5.69 Å². The lowest BCUT2D eigenvalue weighted by atomic mass is 9.90. The standard InChI is InChI=1S/C22H32N4O3/c1-4-28-22(21-24-20(25-29-21)19-9-6-14-27-19)10-12-26(13-11-22)15-17-7-5-8-18(23-17)16(2)3/h5,7-8,16,19H,4,6,9-15H2,1-3H3/t19-/m1/s1. The first-order valence-corrected chi connectivity index (χ1v) is 10.9. The number of hydrogen-bond donors (Lipinski definition) is 0. The molecule has 7 nitrogen and oxygen atoms in total. The minimum absolute atomic E-state index is 0.0365. The van der Waals surface area contributed by atoms with Gasteiger partial charge in [-0.1, -0.05) is 25.1 Å². The van der Waals surface area contributed by atoms with Gasteiger partial charge in [-0.25, -0.2) is 0 Å². The van der Waals surface area contributed by atoms with Crippen molar-refractivity contribution in [1.29, 1.82) is 0 Å². The van der Waals surface area contributed by atoms with Crippen LogP contribution in [0, 0.1) is 0 Å². The van der Waals surface area contributed by atoms with Crippen molar-refractivity contribution in [2.24, 2.45) is 0 Å². The number of pyridine rings is 1. The van der Waals surface area contributed by atoms with Gasteiger partial charge in [-0.15, -0.1) is 0 Å². The van der Waals surface area contributed by atoms with Crippen molar-refractivity contribution in [1.82, 2.24) is 20.0 Å². The summed E-state index contributed by atoms with van der Waals surface area (Å²) in [6.45, 7) is 10.4. The lowest BCUT2D eigenvalue weighted by Crippen LogP contribution is -2.44. The van der Waals surface area contributed by atoms with Gasteiger partial charge in [-0.3, -0.25) is 9.88 Å². The summed E-state index contributed by atoms with van der Waals surface area (Å²) in [4.78, 5) is 11.9. The molecule has 0 N–H and O–H groups in total. The van der Waals surface area contributed by atoms with Gasteiger partial charge >= 0.3 is 0 Å². The molecule has 0 unspecified atom stereocenters. The third-order valence-electron chi connectivity index (χ3n) is 5.94. The first-order valence-electron chi connectivity index (χ1n) is 10.9. The number of piperidine rings is 1. The predicted octanol–water partition coefficient (Wildman–Crippen LogP) is 3.97. The first kappa shape index (κ1) is 20.4. The normalized spacial score (nSPS) is 22.4. The molecular formula is C22H32N4O3. The molecule has 2 saturated heterocycles. The zero-order chi connectivity index (χ0) is 20.3. The zero-order valence-electron chi connectivity index (χ0n) is 17.8.